The summed E-state index contributed by atoms with van der Waals surface area (Å²) in [6.07, 6.45) is 0. The highest BCUT2D eigenvalue weighted by molar-refractivity contribution is 7.99. The van der Waals surface area contributed by atoms with Gasteiger partial charge < -0.3 is 15.3 Å². The van der Waals surface area contributed by atoms with Crippen LogP contribution in [0.25, 0.3) is 0 Å². The van der Waals surface area contributed by atoms with E-state index in [4.69, 9.17) is 15.7 Å². The van der Waals surface area contributed by atoms with Gasteiger partial charge in [-0.15, -0.1) is 11.8 Å². The van der Waals surface area contributed by atoms with Gasteiger partial charge in [-0.25, -0.2) is 15.8 Å². The van der Waals surface area contributed by atoms with Crippen molar-refractivity contribution in [3.63, 3.8) is 0 Å². The third-order valence-corrected chi connectivity index (χ3v) is 2.40. The minimum absolute atomic E-state index is 0.111. The summed E-state index contributed by atoms with van der Waals surface area (Å²) in [5, 5.41) is 9.46. The molecule has 6 nitrogen and oxygen atoms in total. The summed E-state index contributed by atoms with van der Waals surface area (Å²) in [7, 11) is 1.58. The third kappa shape index (κ3) is 4.00. The Kier molecular flexibility index (Phi) is 5.33. The number of aliphatic hydroxyl groups is 1. The van der Waals surface area contributed by atoms with Crippen molar-refractivity contribution in [3.05, 3.63) is 11.9 Å². The molecule has 0 radical (unpaired) electrons. The van der Waals surface area contributed by atoms with Crippen LogP contribution < -0.4 is 11.3 Å². The summed E-state index contributed by atoms with van der Waals surface area (Å²) in [4.78, 5) is 8.33. The van der Waals surface area contributed by atoms with E-state index in [1.165, 1.54) is 11.8 Å². The normalized spacial score (nSPS) is 10.3. The number of nitrogens with two attached hydrogens (primary N) is 1. The fourth-order valence-corrected chi connectivity index (χ4v) is 1.63. The van der Waals surface area contributed by atoms with Gasteiger partial charge in [0.05, 0.1) is 6.61 Å². The first-order valence-corrected chi connectivity index (χ1v) is 5.36. The van der Waals surface area contributed by atoms with Gasteiger partial charge in [0.1, 0.15) is 17.5 Å². The first kappa shape index (κ1) is 12.2. The number of hydrogen-bond acceptors (Lipinski definition) is 7. The fourth-order valence-electron chi connectivity index (χ4n) is 0.964. The minimum Gasteiger partial charge on any atom is -0.396 e. The number of hydrogen-bond donors (Lipinski definition) is 3. The quantitative estimate of drug-likeness (QED) is 0.274. The van der Waals surface area contributed by atoms with Crippen LogP contribution in [0.4, 0.5) is 5.82 Å². The molecule has 0 aliphatic rings. The zero-order chi connectivity index (χ0) is 11.1. The van der Waals surface area contributed by atoms with E-state index < -0.39 is 0 Å². The number of ether oxygens (including phenoxy) is 1. The van der Waals surface area contributed by atoms with E-state index in [0.717, 1.165) is 5.03 Å². The van der Waals surface area contributed by atoms with Crippen molar-refractivity contribution in [2.75, 3.05) is 24.9 Å². The Hall–Kier alpha value is -0.890. The van der Waals surface area contributed by atoms with Gasteiger partial charge in [-0.2, -0.15) is 0 Å². The zero-order valence-corrected chi connectivity index (χ0v) is 9.25. The molecule has 0 aliphatic carbocycles. The molecule has 0 fully saturated rings. The van der Waals surface area contributed by atoms with Gasteiger partial charge in [0.15, 0.2) is 5.82 Å². The van der Waals surface area contributed by atoms with E-state index in [2.05, 4.69) is 15.4 Å². The zero-order valence-electron chi connectivity index (χ0n) is 8.43. The number of rotatable bonds is 6. The molecule has 15 heavy (non-hydrogen) atoms. The van der Waals surface area contributed by atoms with Crippen LogP contribution in [-0.2, 0) is 11.3 Å². The van der Waals surface area contributed by atoms with Crippen molar-refractivity contribution in [3.8, 4) is 0 Å². The van der Waals surface area contributed by atoms with Crippen LogP contribution in [0.3, 0.4) is 0 Å². The molecule has 0 spiro atoms. The molecule has 84 valence electrons. The molecule has 0 aromatic carbocycles. The van der Waals surface area contributed by atoms with Crippen LogP contribution in [0.5, 0.6) is 0 Å². The Morgan fingerprint density at radius 2 is 2.40 bits per heavy atom. The van der Waals surface area contributed by atoms with Crippen LogP contribution in [0, 0.1) is 0 Å². The van der Waals surface area contributed by atoms with Crippen molar-refractivity contribution in [2.45, 2.75) is 11.6 Å². The van der Waals surface area contributed by atoms with Gasteiger partial charge in [-0.1, -0.05) is 0 Å². The number of anilines is 1. The Balaban J connectivity index is 2.79. The van der Waals surface area contributed by atoms with Crippen molar-refractivity contribution in [1.29, 1.82) is 0 Å². The number of nitrogens with one attached hydrogen (secondary N) is 1. The van der Waals surface area contributed by atoms with Crippen molar-refractivity contribution >= 4 is 17.6 Å². The van der Waals surface area contributed by atoms with Gasteiger partial charge in [0.2, 0.25) is 0 Å². The molecular formula is C8H14N4O2S. The Morgan fingerprint density at radius 1 is 1.60 bits per heavy atom. The highest BCUT2D eigenvalue weighted by Gasteiger charge is 2.04. The predicted octanol–water partition coefficient (Wildman–Crippen LogP) is -0.00700. The number of methoxy groups -OCH3 is 1. The summed E-state index contributed by atoms with van der Waals surface area (Å²) in [6.45, 7) is 0.446. The predicted molar refractivity (Wildman–Crippen MR) is 58.4 cm³/mol. The third-order valence-electron chi connectivity index (χ3n) is 1.51. The summed E-state index contributed by atoms with van der Waals surface area (Å²) in [5.74, 6) is 6.97. The maximum Gasteiger partial charge on any atom is 0.157 e. The van der Waals surface area contributed by atoms with Crippen LogP contribution in [0.1, 0.15) is 5.82 Å². The molecule has 7 heteroatoms. The summed E-state index contributed by atoms with van der Waals surface area (Å²) < 4.78 is 4.93. The second-order valence-corrected chi connectivity index (χ2v) is 3.77. The maximum atomic E-state index is 8.70. The summed E-state index contributed by atoms with van der Waals surface area (Å²) in [6, 6.07) is 1.72. The average molecular weight is 230 g/mol. The number of hydrazine groups is 1. The van der Waals surface area contributed by atoms with Crippen molar-refractivity contribution in [2.24, 2.45) is 5.84 Å². The van der Waals surface area contributed by atoms with E-state index in [0.29, 0.717) is 24.0 Å². The largest absolute Gasteiger partial charge is 0.396 e. The molecule has 0 saturated heterocycles. The molecule has 0 unspecified atom stereocenters. The van der Waals surface area contributed by atoms with Crippen molar-refractivity contribution in [1.82, 2.24) is 9.97 Å². The van der Waals surface area contributed by atoms with E-state index >= 15 is 0 Å². The lowest BCUT2D eigenvalue weighted by atomic mass is 10.5. The van der Waals surface area contributed by atoms with E-state index in [-0.39, 0.29) is 6.61 Å². The summed E-state index contributed by atoms with van der Waals surface area (Å²) >= 11 is 1.44. The lowest BCUT2D eigenvalue weighted by molar-refractivity contribution is 0.177. The van der Waals surface area contributed by atoms with Crippen LogP contribution in [-0.4, -0.2) is 34.5 Å². The monoisotopic (exact) mass is 230 g/mol. The number of aromatic nitrogens is 2. The number of nitrogens with zero attached hydrogens (tertiary/aromatic N) is 2. The van der Waals surface area contributed by atoms with E-state index in [9.17, 15) is 0 Å². The highest BCUT2D eigenvalue weighted by Crippen LogP contribution is 2.17. The lowest BCUT2D eigenvalue weighted by Gasteiger charge is -2.06. The molecular weight excluding hydrogens is 216 g/mol. The molecule has 1 heterocycles. The van der Waals surface area contributed by atoms with Gasteiger partial charge in [0.25, 0.3) is 0 Å². The Bertz CT molecular complexity index is 311. The van der Waals surface area contributed by atoms with Crippen molar-refractivity contribution < 1.29 is 9.84 Å². The smallest absolute Gasteiger partial charge is 0.157 e. The van der Waals surface area contributed by atoms with Crippen LogP contribution in [0.2, 0.25) is 0 Å². The number of nitrogen functional groups attached to an aromatic ring is 1. The first-order valence-electron chi connectivity index (χ1n) is 4.37. The minimum atomic E-state index is 0.111. The average Bonchev–Trinajstić information content (AvgIpc) is 2.26. The van der Waals surface area contributed by atoms with Crippen LogP contribution in [0.15, 0.2) is 11.1 Å². The maximum absolute atomic E-state index is 8.70. The SMILES string of the molecule is COCc1nc(NN)cc(SCCO)n1. The van der Waals surface area contributed by atoms with Gasteiger partial charge in [-0.05, 0) is 0 Å². The molecule has 1 aromatic rings. The molecule has 0 amide bonds. The van der Waals surface area contributed by atoms with E-state index in [1.54, 1.807) is 13.2 Å². The second kappa shape index (κ2) is 6.57. The summed E-state index contributed by atoms with van der Waals surface area (Å²) in [5.41, 5.74) is 2.46. The fraction of sp³-hybridized carbons (Fsp3) is 0.500. The second-order valence-electron chi connectivity index (χ2n) is 2.66. The molecule has 0 bridgehead atoms. The number of aliphatic hydroxyl groups excluding tert-OH is 1. The van der Waals surface area contributed by atoms with Gasteiger partial charge >= 0.3 is 0 Å². The van der Waals surface area contributed by atoms with E-state index in [1.807, 2.05) is 0 Å². The lowest BCUT2D eigenvalue weighted by Crippen LogP contribution is -2.11. The Labute approximate surface area is 92.2 Å². The highest BCUT2D eigenvalue weighted by atomic mass is 32.2. The molecule has 0 aliphatic heterocycles. The standard InChI is InChI=1S/C8H14N4O2S/c1-14-5-7-10-6(12-9)4-8(11-7)15-3-2-13/h4,13H,2-3,5,9H2,1H3,(H,10,11,12). The molecule has 0 saturated carbocycles. The Morgan fingerprint density at radius 3 is 3.00 bits per heavy atom. The number of thioether (sulfide) groups is 1. The topological polar surface area (TPSA) is 93.3 Å². The first-order chi connectivity index (χ1) is 7.30. The van der Waals surface area contributed by atoms with Crippen LogP contribution >= 0.6 is 11.8 Å². The molecule has 4 N–H and O–H groups in total. The van der Waals surface area contributed by atoms with Gasteiger partial charge in [-0.3, -0.25) is 0 Å². The molecule has 0 atom stereocenters. The van der Waals surface area contributed by atoms with Gasteiger partial charge in [0, 0.05) is 18.9 Å². The molecule has 1 aromatic heterocycles. The molecule has 1 rings (SSSR count).